The second kappa shape index (κ2) is 7.98. The Labute approximate surface area is 141 Å². The van der Waals surface area contributed by atoms with E-state index in [-0.39, 0.29) is 35.9 Å². The average molecular weight is 333 g/mol. The molecule has 0 saturated heterocycles. The highest BCUT2D eigenvalue weighted by Crippen LogP contribution is 2.46. The lowest BCUT2D eigenvalue weighted by Crippen LogP contribution is -2.64. The van der Waals surface area contributed by atoms with Gasteiger partial charge in [0.15, 0.2) is 0 Å². The van der Waals surface area contributed by atoms with Gasteiger partial charge in [0, 0.05) is 36.6 Å². The predicted molar refractivity (Wildman–Crippen MR) is 92.2 cm³/mol. The fraction of sp³-hybridized carbons (Fsp3) is 0.941. The van der Waals surface area contributed by atoms with Crippen molar-refractivity contribution in [2.45, 2.75) is 78.0 Å². The van der Waals surface area contributed by atoms with Gasteiger partial charge in [-0.2, -0.15) is 0 Å². The third-order valence-corrected chi connectivity index (χ3v) is 5.44. The molecule has 130 valence electrons. The number of amides is 1. The Kier molecular flexibility index (Phi) is 7.16. The fourth-order valence-electron chi connectivity index (χ4n) is 4.01. The van der Waals surface area contributed by atoms with Crippen molar-refractivity contribution in [2.75, 3.05) is 13.2 Å². The van der Waals surface area contributed by atoms with Gasteiger partial charge in [-0.25, -0.2) is 0 Å². The molecule has 5 heteroatoms. The van der Waals surface area contributed by atoms with Crippen LogP contribution in [0.1, 0.15) is 59.8 Å². The molecule has 0 bridgehead atoms. The number of ether oxygens (including phenoxy) is 1. The first-order chi connectivity index (χ1) is 9.91. The van der Waals surface area contributed by atoms with Crippen molar-refractivity contribution in [3.63, 3.8) is 0 Å². The van der Waals surface area contributed by atoms with Gasteiger partial charge in [0.2, 0.25) is 5.91 Å². The fourth-order valence-corrected chi connectivity index (χ4v) is 4.01. The van der Waals surface area contributed by atoms with Crippen LogP contribution < -0.4 is 5.73 Å². The molecule has 2 aliphatic rings. The van der Waals surface area contributed by atoms with E-state index in [2.05, 4.69) is 25.7 Å². The summed E-state index contributed by atoms with van der Waals surface area (Å²) in [7, 11) is 0. The first-order valence-corrected chi connectivity index (χ1v) is 8.59. The molecule has 4 unspecified atom stereocenters. The summed E-state index contributed by atoms with van der Waals surface area (Å²) in [6.07, 6.45) is 5.09. The molecule has 0 spiro atoms. The van der Waals surface area contributed by atoms with Crippen molar-refractivity contribution < 1.29 is 9.53 Å². The summed E-state index contributed by atoms with van der Waals surface area (Å²) in [5.41, 5.74) is 6.04. The van der Waals surface area contributed by atoms with Crippen LogP contribution in [-0.2, 0) is 9.53 Å². The minimum absolute atomic E-state index is 0. The third kappa shape index (κ3) is 3.77. The molecular formula is C17H33ClN2O2. The highest BCUT2D eigenvalue weighted by atomic mass is 35.5. The summed E-state index contributed by atoms with van der Waals surface area (Å²) in [4.78, 5) is 15.0. The highest BCUT2D eigenvalue weighted by molar-refractivity contribution is 5.85. The van der Waals surface area contributed by atoms with Gasteiger partial charge in [-0.3, -0.25) is 4.79 Å². The number of carbonyl (C=O) groups excluding carboxylic acids is 1. The van der Waals surface area contributed by atoms with E-state index in [9.17, 15) is 4.79 Å². The zero-order chi connectivity index (χ0) is 15.6. The molecule has 2 fully saturated rings. The highest BCUT2D eigenvalue weighted by Gasteiger charge is 2.53. The van der Waals surface area contributed by atoms with E-state index in [0.717, 1.165) is 45.3 Å². The summed E-state index contributed by atoms with van der Waals surface area (Å²) >= 11 is 0. The minimum atomic E-state index is 0. The molecule has 0 aromatic carbocycles. The number of nitrogens with two attached hydrogens (primary N) is 1. The molecule has 0 radical (unpaired) electrons. The number of hydrogen-bond donors (Lipinski definition) is 1. The SMILES string of the molecule is CCCN(C(=O)C1CCC(N)C1)C1CC(OCC)C1(C)C.Cl. The maximum Gasteiger partial charge on any atom is 0.226 e. The van der Waals surface area contributed by atoms with Gasteiger partial charge >= 0.3 is 0 Å². The first kappa shape index (κ1) is 19.7. The Morgan fingerprint density at radius 3 is 2.41 bits per heavy atom. The van der Waals surface area contributed by atoms with Crippen molar-refractivity contribution in [3.8, 4) is 0 Å². The van der Waals surface area contributed by atoms with Crippen LogP contribution in [0.4, 0.5) is 0 Å². The largest absolute Gasteiger partial charge is 0.378 e. The van der Waals surface area contributed by atoms with Crippen LogP contribution in [0.5, 0.6) is 0 Å². The van der Waals surface area contributed by atoms with Crippen molar-refractivity contribution in [3.05, 3.63) is 0 Å². The van der Waals surface area contributed by atoms with E-state index in [0.29, 0.717) is 11.9 Å². The lowest BCUT2D eigenvalue weighted by atomic mass is 9.63. The van der Waals surface area contributed by atoms with Gasteiger partial charge < -0.3 is 15.4 Å². The van der Waals surface area contributed by atoms with Crippen LogP contribution in [0.2, 0.25) is 0 Å². The molecule has 0 aromatic heterocycles. The second-order valence-electron chi connectivity index (χ2n) is 7.32. The van der Waals surface area contributed by atoms with E-state index >= 15 is 0 Å². The Morgan fingerprint density at radius 1 is 1.27 bits per heavy atom. The van der Waals surface area contributed by atoms with Crippen LogP contribution in [0.15, 0.2) is 0 Å². The summed E-state index contributed by atoms with van der Waals surface area (Å²) in [5, 5.41) is 0. The first-order valence-electron chi connectivity index (χ1n) is 8.59. The van der Waals surface area contributed by atoms with E-state index in [4.69, 9.17) is 10.5 Å². The second-order valence-corrected chi connectivity index (χ2v) is 7.32. The van der Waals surface area contributed by atoms with Crippen LogP contribution >= 0.6 is 12.4 Å². The summed E-state index contributed by atoms with van der Waals surface area (Å²) in [5.74, 6) is 0.478. The average Bonchev–Trinajstić information content (AvgIpc) is 2.87. The predicted octanol–water partition coefficient (Wildman–Crippen LogP) is 2.98. The molecule has 4 atom stereocenters. The summed E-state index contributed by atoms with van der Waals surface area (Å²) < 4.78 is 5.82. The molecule has 0 aliphatic heterocycles. The van der Waals surface area contributed by atoms with E-state index in [1.54, 1.807) is 0 Å². The number of carbonyl (C=O) groups is 1. The molecule has 0 aromatic rings. The molecule has 0 heterocycles. The number of halogens is 1. The maximum absolute atomic E-state index is 12.9. The van der Waals surface area contributed by atoms with Gasteiger partial charge in [0.1, 0.15) is 0 Å². The van der Waals surface area contributed by atoms with Gasteiger partial charge in [0.05, 0.1) is 6.10 Å². The molecule has 22 heavy (non-hydrogen) atoms. The van der Waals surface area contributed by atoms with E-state index in [1.165, 1.54) is 0 Å². The topological polar surface area (TPSA) is 55.6 Å². The van der Waals surface area contributed by atoms with Crippen molar-refractivity contribution >= 4 is 18.3 Å². The van der Waals surface area contributed by atoms with Crippen molar-refractivity contribution in [2.24, 2.45) is 17.1 Å². The maximum atomic E-state index is 12.9. The quantitative estimate of drug-likeness (QED) is 0.813. The zero-order valence-electron chi connectivity index (χ0n) is 14.5. The molecule has 4 nitrogen and oxygen atoms in total. The van der Waals surface area contributed by atoms with Gasteiger partial charge in [0.25, 0.3) is 0 Å². The van der Waals surface area contributed by atoms with E-state index in [1.807, 2.05) is 6.92 Å². The number of rotatable bonds is 6. The molecular weight excluding hydrogens is 300 g/mol. The molecule has 2 saturated carbocycles. The normalized spacial score (nSPS) is 33.0. The van der Waals surface area contributed by atoms with Crippen LogP contribution in [-0.4, -0.2) is 42.1 Å². The third-order valence-electron chi connectivity index (χ3n) is 5.44. The molecule has 2 N–H and O–H groups in total. The smallest absolute Gasteiger partial charge is 0.226 e. The zero-order valence-corrected chi connectivity index (χ0v) is 15.3. The lowest BCUT2D eigenvalue weighted by Gasteiger charge is -2.56. The Bertz CT molecular complexity index is 376. The summed E-state index contributed by atoms with van der Waals surface area (Å²) in [6, 6.07) is 0.534. The van der Waals surface area contributed by atoms with Crippen LogP contribution in [0.25, 0.3) is 0 Å². The minimum Gasteiger partial charge on any atom is -0.378 e. The Balaban J connectivity index is 0.00000242. The van der Waals surface area contributed by atoms with Crippen molar-refractivity contribution in [1.82, 2.24) is 4.90 Å². The Morgan fingerprint density at radius 2 is 1.95 bits per heavy atom. The summed E-state index contributed by atoms with van der Waals surface area (Å²) in [6.45, 7) is 10.3. The van der Waals surface area contributed by atoms with Crippen molar-refractivity contribution in [1.29, 1.82) is 0 Å². The Hall–Kier alpha value is -0.320. The number of nitrogens with zero attached hydrogens (tertiary/aromatic N) is 1. The van der Waals surface area contributed by atoms with Gasteiger partial charge in [-0.1, -0.05) is 20.8 Å². The molecule has 2 aliphatic carbocycles. The number of hydrogen-bond acceptors (Lipinski definition) is 3. The molecule has 1 amide bonds. The van der Waals surface area contributed by atoms with E-state index < -0.39 is 0 Å². The van der Waals surface area contributed by atoms with Crippen LogP contribution in [0, 0.1) is 11.3 Å². The standard InChI is InChI=1S/C17H32N2O2.ClH/c1-5-9-19(16(20)12-7-8-13(18)10-12)14-11-15(21-6-2)17(14,3)4;/h12-15H,5-11,18H2,1-4H3;1H. The monoisotopic (exact) mass is 332 g/mol. The van der Waals surface area contributed by atoms with Gasteiger partial charge in [-0.15, -0.1) is 12.4 Å². The van der Waals surface area contributed by atoms with Gasteiger partial charge in [-0.05, 0) is 39.0 Å². The van der Waals surface area contributed by atoms with Crippen LogP contribution in [0.3, 0.4) is 0 Å². The lowest BCUT2D eigenvalue weighted by molar-refractivity contribution is -0.170. The molecule has 2 rings (SSSR count).